The molecule has 2 aromatic heterocycles. The molecule has 1 atom stereocenters. The zero-order valence-electron chi connectivity index (χ0n) is 15.6. The first kappa shape index (κ1) is 18.6. The van der Waals surface area contributed by atoms with E-state index >= 15 is 0 Å². The second kappa shape index (κ2) is 8.93. The van der Waals surface area contributed by atoms with E-state index in [1.165, 1.54) is 38.5 Å². The van der Waals surface area contributed by atoms with E-state index < -0.39 is 0 Å². The largest absolute Gasteiger partial charge is 0.468 e. The fraction of sp³-hybridized carbons (Fsp3) is 0.524. The molecule has 1 aliphatic heterocycles. The summed E-state index contributed by atoms with van der Waals surface area (Å²) in [5.41, 5.74) is 0.689. The highest BCUT2D eigenvalue weighted by Gasteiger charge is 2.27. The van der Waals surface area contributed by atoms with Crippen LogP contribution in [0.25, 0.3) is 0 Å². The molecule has 2 aliphatic rings. The molecule has 1 N–H and O–H groups in total. The van der Waals surface area contributed by atoms with Crippen molar-refractivity contribution in [1.82, 2.24) is 15.2 Å². The molecule has 0 bridgehead atoms. The van der Waals surface area contributed by atoms with Crippen LogP contribution in [0.5, 0.6) is 0 Å². The normalized spacial score (nSPS) is 19.4. The number of thioether (sulfide) groups is 1. The Balaban J connectivity index is 1.43. The number of rotatable bonds is 7. The third kappa shape index (κ3) is 4.55. The Labute approximate surface area is 164 Å². The van der Waals surface area contributed by atoms with Crippen molar-refractivity contribution >= 4 is 17.7 Å². The Bertz CT molecular complexity index is 738. The molecular formula is C21H27N3O2S. The number of carbonyl (C=O) groups excluding carboxylic acids is 1. The lowest BCUT2D eigenvalue weighted by atomic mass is 10.2. The molecule has 6 heteroatoms. The lowest BCUT2D eigenvalue weighted by Crippen LogP contribution is -2.36. The van der Waals surface area contributed by atoms with Crippen LogP contribution in [0.2, 0.25) is 0 Å². The second-order valence-electron chi connectivity index (χ2n) is 7.36. The van der Waals surface area contributed by atoms with Gasteiger partial charge in [0.1, 0.15) is 10.8 Å². The van der Waals surface area contributed by atoms with Gasteiger partial charge in [-0.25, -0.2) is 4.98 Å². The highest BCUT2D eigenvalue weighted by atomic mass is 32.2. The number of nitrogens with one attached hydrogen (secondary N) is 1. The van der Waals surface area contributed by atoms with E-state index in [1.807, 2.05) is 24.3 Å². The molecule has 0 radical (unpaired) electrons. The van der Waals surface area contributed by atoms with Crippen molar-refractivity contribution in [3.63, 3.8) is 0 Å². The Hall–Kier alpha value is -1.79. The van der Waals surface area contributed by atoms with Crippen molar-refractivity contribution in [3.05, 3.63) is 48.0 Å². The van der Waals surface area contributed by atoms with Crippen LogP contribution in [0, 0.1) is 0 Å². The molecule has 4 rings (SSSR count). The van der Waals surface area contributed by atoms with Crippen molar-refractivity contribution in [2.75, 3.05) is 19.6 Å². The van der Waals surface area contributed by atoms with Crippen LogP contribution in [0.15, 0.2) is 46.2 Å². The minimum absolute atomic E-state index is 0.0423. The van der Waals surface area contributed by atoms with E-state index in [1.54, 1.807) is 24.2 Å². The summed E-state index contributed by atoms with van der Waals surface area (Å²) in [4.78, 5) is 19.8. The predicted octanol–water partition coefficient (Wildman–Crippen LogP) is 4.28. The molecule has 2 fully saturated rings. The van der Waals surface area contributed by atoms with Gasteiger partial charge in [0.25, 0.3) is 5.91 Å². The third-order valence-electron chi connectivity index (χ3n) is 5.51. The first-order valence-electron chi connectivity index (χ1n) is 9.98. The van der Waals surface area contributed by atoms with Crippen molar-refractivity contribution in [3.8, 4) is 0 Å². The Morgan fingerprint density at radius 2 is 2.04 bits per heavy atom. The summed E-state index contributed by atoms with van der Waals surface area (Å²) in [6, 6.07) is 7.74. The van der Waals surface area contributed by atoms with Crippen molar-refractivity contribution in [2.24, 2.45) is 0 Å². The number of pyridine rings is 1. The van der Waals surface area contributed by atoms with Crippen molar-refractivity contribution in [1.29, 1.82) is 0 Å². The summed E-state index contributed by atoms with van der Waals surface area (Å²) < 4.78 is 5.65. The first-order chi connectivity index (χ1) is 13.3. The number of carbonyl (C=O) groups is 1. The van der Waals surface area contributed by atoms with Gasteiger partial charge in [-0.2, -0.15) is 0 Å². The average Bonchev–Trinajstić information content (AvgIpc) is 3.46. The third-order valence-corrected chi connectivity index (χ3v) is 6.86. The second-order valence-corrected chi connectivity index (χ2v) is 8.65. The highest BCUT2D eigenvalue weighted by molar-refractivity contribution is 7.99. The molecule has 3 heterocycles. The van der Waals surface area contributed by atoms with Crippen molar-refractivity contribution in [2.45, 2.75) is 54.8 Å². The molecule has 0 aromatic carbocycles. The maximum absolute atomic E-state index is 12.9. The van der Waals surface area contributed by atoms with Gasteiger partial charge in [0.2, 0.25) is 0 Å². The summed E-state index contributed by atoms with van der Waals surface area (Å²) in [7, 11) is 0. The smallest absolute Gasteiger partial charge is 0.254 e. The molecule has 1 saturated heterocycles. The summed E-state index contributed by atoms with van der Waals surface area (Å²) in [5, 5.41) is 4.58. The topological polar surface area (TPSA) is 58.4 Å². The van der Waals surface area contributed by atoms with Crippen LogP contribution in [-0.2, 0) is 0 Å². The van der Waals surface area contributed by atoms with Gasteiger partial charge in [-0.3, -0.25) is 9.69 Å². The van der Waals surface area contributed by atoms with E-state index in [0.29, 0.717) is 17.4 Å². The first-order valence-corrected chi connectivity index (χ1v) is 10.9. The fourth-order valence-corrected chi connectivity index (χ4v) is 5.34. The van der Waals surface area contributed by atoms with Gasteiger partial charge in [-0.05, 0) is 63.0 Å². The maximum atomic E-state index is 12.9. The van der Waals surface area contributed by atoms with E-state index in [9.17, 15) is 4.79 Å². The average molecular weight is 386 g/mol. The molecule has 144 valence electrons. The zero-order chi connectivity index (χ0) is 18.5. The molecule has 27 heavy (non-hydrogen) atoms. The van der Waals surface area contributed by atoms with Crippen LogP contribution < -0.4 is 5.32 Å². The van der Waals surface area contributed by atoms with Crippen LogP contribution in [0.4, 0.5) is 0 Å². The van der Waals surface area contributed by atoms with Crippen LogP contribution in [-0.4, -0.2) is 40.7 Å². The number of furan rings is 1. The minimum atomic E-state index is -0.0423. The SMILES string of the molecule is O=C(NC[C@H](c1ccco1)N1CCCC1)c1cccnc1SC1CCCC1. The summed E-state index contributed by atoms with van der Waals surface area (Å²) >= 11 is 1.76. The quantitative estimate of drug-likeness (QED) is 0.771. The van der Waals surface area contributed by atoms with E-state index in [0.717, 1.165) is 23.9 Å². The van der Waals surface area contributed by atoms with E-state index in [-0.39, 0.29) is 11.9 Å². The Morgan fingerprint density at radius 3 is 2.78 bits per heavy atom. The lowest BCUT2D eigenvalue weighted by Gasteiger charge is -2.26. The molecule has 1 saturated carbocycles. The number of nitrogens with zero attached hydrogens (tertiary/aromatic N) is 2. The van der Waals surface area contributed by atoms with Crippen LogP contribution in [0.1, 0.15) is 60.7 Å². The van der Waals surface area contributed by atoms with Gasteiger partial charge in [0.15, 0.2) is 0 Å². The number of aromatic nitrogens is 1. The minimum Gasteiger partial charge on any atom is -0.468 e. The molecular weight excluding hydrogens is 358 g/mol. The standard InChI is InChI=1S/C21H27N3O2S/c25-20(17-9-5-11-22-21(17)27-16-7-1-2-8-16)23-15-18(19-10-6-14-26-19)24-12-3-4-13-24/h5-6,9-11,14,16,18H,1-4,7-8,12-13,15H2,(H,23,25)/t18-/m1/s1. The molecule has 5 nitrogen and oxygen atoms in total. The summed E-state index contributed by atoms with van der Waals surface area (Å²) in [6.07, 6.45) is 10.9. The van der Waals surface area contributed by atoms with Crippen LogP contribution in [0.3, 0.4) is 0 Å². The van der Waals surface area contributed by atoms with E-state index in [2.05, 4.69) is 15.2 Å². The monoisotopic (exact) mass is 385 g/mol. The number of hydrogen-bond donors (Lipinski definition) is 1. The fourth-order valence-electron chi connectivity index (χ4n) is 4.05. The Morgan fingerprint density at radius 1 is 1.22 bits per heavy atom. The molecule has 1 amide bonds. The van der Waals surface area contributed by atoms with Crippen LogP contribution >= 0.6 is 11.8 Å². The number of hydrogen-bond acceptors (Lipinski definition) is 5. The van der Waals surface area contributed by atoms with Gasteiger partial charge in [0, 0.05) is 18.0 Å². The Kier molecular flexibility index (Phi) is 6.14. The lowest BCUT2D eigenvalue weighted by molar-refractivity contribution is 0.0930. The van der Waals surface area contributed by atoms with Gasteiger partial charge in [-0.15, -0.1) is 11.8 Å². The van der Waals surface area contributed by atoms with Gasteiger partial charge in [-0.1, -0.05) is 12.8 Å². The van der Waals surface area contributed by atoms with Gasteiger partial charge >= 0.3 is 0 Å². The molecule has 2 aromatic rings. The van der Waals surface area contributed by atoms with Crippen molar-refractivity contribution < 1.29 is 9.21 Å². The summed E-state index contributed by atoms with van der Waals surface area (Å²) in [6.45, 7) is 2.66. The maximum Gasteiger partial charge on any atom is 0.254 e. The summed E-state index contributed by atoms with van der Waals surface area (Å²) in [5.74, 6) is 0.878. The molecule has 0 unspecified atom stereocenters. The van der Waals surface area contributed by atoms with E-state index in [4.69, 9.17) is 4.42 Å². The highest BCUT2D eigenvalue weighted by Crippen LogP contribution is 2.35. The number of amides is 1. The zero-order valence-corrected chi connectivity index (χ0v) is 16.4. The molecule has 0 spiro atoms. The molecule has 1 aliphatic carbocycles. The number of likely N-dealkylation sites (tertiary alicyclic amines) is 1. The van der Waals surface area contributed by atoms with Gasteiger partial charge < -0.3 is 9.73 Å². The van der Waals surface area contributed by atoms with Gasteiger partial charge in [0.05, 0.1) is 17.9 Å². The predicted molar refractivity (Wildman–Crippen MR) is 107 cm³/mol.